The van der Waals surface area contributed by atoms with E-state index in [-0.39, 0.29) is 4.75 Å². The number of nitriles is 1. The molecule has 0 bridgehead atoms. The van der Waals surface area contributed by atoms with Crippen molar-refractivity contribution in [1.29, 1.82) is 5.26 Å². The molecule has 0 aromatic heterocycles. The Hall–Kier alpha value is -0.980. The molecular weight excluding hydrogens is 252 g/mol. The van der Waals surface area contributed by atoms with Crippen LogP contribution in [0.25, 0.3) is 0 Å². The molecule has 0 N–H and O–H groups in total. The van der Waals surface area contributed by atoms with Gasteiger partial charge in [-0.05, 0) is 49.6 Å². The molecule has 0 spiro atoms. The Kier molecular flexibility index (Phi) is 4.54. The number of hydrogen-bond acceptors (Lipinski definition) is 3. The van der Waals surface area contributed by atoms with E-state index in [0.29, 0.717) is 0 Å². The van der Waals surface area contributed by atoms with Crippen molar-refractivity contribution in [3.05, 3.63) is 34.9 Å². The SMILES string of the molecule is CSC1(C#N)CCN(Cc2c(C)cccc2C)CC1. The van der Waals surface area contributed by atoms with E-state index in [1.165, 1.54) is 16.7 Å². The molecule has 0 radical (unpaired) electrons. The van der Waals surface area contributed by atoms with E-state index in [1.807, 2.05) is 0 Å². The van der Waals surface area contributed by atoms with Crippen LogP contribution in [0.4, 0.5) is 0 Å². The summed E-state index contributed by atoms with van der Waals surface area (Å²) in [7, 11) is 0. The molecule has 0 unspecified atom stereocenters. The Balaban J connectivity index is 2.02. The molecule has 1 aromatic rings. The third-order valence-corrected chi connectivity index (χ3v) is 5.57. The van der Waals surface area contributed by atoms with Crippen LogP contribution in [0.5, 0.6) is 0 Å². The first-order valence-corrected chi connectivity index (χ1v) is 8.06. The van der Waals surface area contributed by atoms with Crippen LogP contribution >= 0.6 is 11.8 Å². The normalized spacial score (nSPS) is 19.1. The van der Waals surface area contributed by atoms with Crippen LogP contribution in [0, 0.1) is 25.2 Å². The number of thioether (sulfide) groups is 1. The average Bonchev–Trinajstić information content (AvgIpc) is 2.44. The van der Waals surface area contributed by atoms with E-state index in [2.05, 4.69) is 49.3 Å². The van der Waals surface area contributed by atoms with Crippen LogP contribution in [0.3, 0.4) is 0 Å². The summed E-state index contributed by atoms with van der Waals surface area (Å²) in [6.45, 7) is 7.46. The molecule has 19 heavy (non-hydrogen) atoms. The molecule has 0 saturated carbocycles. The van der Waals surface area contributed by atoms with E-state index in [9.17, 15) is 5.26 Å². The minimum Gasteiger partial charge on any atom is -0.299 e. The molecule has 0 amide bonds. The lowest BCUT2D eigenvalue weighted by Gasteiger charge is -2.36. The fraction of sp³-hybridized carbons (Fsp3) is 0.562. The minimum atomic E-state index is -0.142. The molecule has 2 nitrogen and oxygen atoms in total. The molecule has 3 heteroatoms. The van der Waals surface area contributed by atoms with Gasteiger partial charge in [0.25, 0.3) is 0 Å². The summed E-state index contributed by atoms with van der Waals surface area (Å²) in [4.78, 5) is 2.49. The molecule has 1 aliphatic heterocycles. The van der Waals surface area contributed by atoms with Crippen molar-refractivity contribution in [3.63, 3.8) is 0 Å². The third-order valence-electron chi connectivity index (χ3n) is 4.28. The van der Waals surface area contributed by atoms with Crippen molar-refractivity contribution in [2.45, 2.75) is 38.0 Å². The standard InChI is InChI=1S/C16H22N2S/c1-13-5-4-6-14(2)15(13)11-18-9-7-16(12-17,19-3)8-10-18/h4-6H,7-11H2,1-3H3. The molecule has 0 aliphatic carbocycles. The highest BCUT2D eigenvalue weighted by Crippen LogP contribution is 2.34. The summed E-state index contributed by atoms with van der Waals surface area (Å²) in [5.41, 5.74) is 4.21. The van der Waals surface area contributed by atoms with E-state index in [4.69, 9.17) is 0 Å². The number of benzene rings is 1. The van der Waals surface area contributed by atoms with Crippen molar-refractivity contribution < 1.29 is 0 Å². The molecule has 102 valence electrons. The quantitative estimate of drug-likeness (QED) is 0.844. The van der Waals surface area contributed by atoms with Gasteiger partial charge < -0.3 is 0 Å². The number of rotatable bonds is 3. The van der Waals surface area contributed by atoms with E-state index >= 15 is 0 Å². The summed E-state index contributed by atoms with van der Waals surface area (Å²) >= 11 is 1.72. The third kappa shape index (κ3) is 3.13. The van der Waals surface area contributed by atoms with Crippen LogP contribution in [-0.4, -0.2) is 29.0 Å². The van der Waals surface area contributed by atoms with Crippen LogP contribution in [-0.2, 0) is 6.54 Å². The predicted molar refractivity (Wildman–Crippen MR) is 82.3 cm³/mol. The summed E-state index contributed by atoms with van der Waals surface area (Å²) in [6, 6.07) is 9.01. The minimum absolute atomic E-state index is 0.142. The van der Waals surface area contributed by atoms with Gasteiger partial charge in [-0.3, -0.25) is 4.90 Å². The topological polar surface area (TPSA) is 27.0 Å². The van der Waals surface area contributed by atoms with E-state index < -0.39 is 0 Å². The molecule has 1 aromatic carbocycles. The van der Waals surface area contributed by atoms with Gasteiger partial charge in [-0.15, -0.1) is 11.8 Å². The van der Waals surface area contributed by atoms with Gasteiger partial charge in [0.05, 0.1) is 6.07 Å². The molecule has 1 aliphatic rings. The summed E-state index contributed by atoms with van der Waals surface area (Å²) in [5, 5.41) is 9.32. The Morgan fingerprint density at radius 2 is 1.84 bits per heavy atom. The lowest BCUT2D eigenvalue weighted by atomic mass is 9.95. The second-order valence-corrected chi connectivity index (χ2v) is 6.65. The fourth-order valence-corrected chi connectivity index (χ4v) is 3.44. The maximum atomic E-state index is 9.32. The molecule has 1 saturated heterocycles. The Bertz CT molecular complexity index is 462. The van der Waals surface area contributed by atoms with Crippen LogP contribution in [0.15, 0.2) is 18.2 Å². The molecule has 2 rings (SSSR count). The lowest BCUT2D eigenvalue weighted by Crippen LogP contribution is -2.41. The van der Waals surface area contributed by atoms with Gasteiger partial charge in [0.2, 0.25) is 0 Å². The molecule has 1 heterocycles. The fourth-order valence-electron chi connectivity index (χ4n) is 2.76. The largest absolute Gasteiger partial charge is 0.299 e. The van der Waals surface area contributed by atoms with Gasteiger partial charge in [0, 0.05) is 19.6 Å². The highest BCUT2D eigenvalue weighted by Gasteiger charge is 2.33. The highest BCUT2D eigenvalue weighted by atomic mass is 32.2. The first-order chi connectivity index (χ1) is 9.10. The number of nitrogens with zero attached hydrogens (tertiary/aromatic N) is 2. The Morgan fingerprint density at radius 1 is 1.26 bits per heavy atom. The van der Waals surface area contributed by atoms with Gasteiger partial charge in [-0.25, -0.2) is 0 Å². The van der Waals surface area contributed by atoms with Crippen molar-refractivity contribution in [3.8, 4) is 6.07 Å². The van der Waals surface area contributed by atoms with Crippen LogP contribution in [0.1, 0.15) is 29.5 Å². The number of likely N-dealkylation sites (tertiary alicyclic amines) is 1. The van der Waals surface area contributed by atoms with Crippen molar-refractivity contribution in [2.75, 3.05) is 19.3 Å². The van der Waals surface area contributed by atoms with Crippen molar-refractivity contribution >= 4 is 11.8 Å². The maximum Gasteiger partial charge on any atom is 0.104 e. The first kappa shape index (κ1) is 14.4. The van der Waals surface area contributed by atoms with Crippen molar-refractivity contribution in [2.24, 2.45) is 0 Å². The smallest absolute Gasteiger partial charge is 0.104 e. The summed E-state index contributed by atoms with van der Waals surface area (Å²) in [6.07, 6.45) is 4.02. The molecular formula is C16H22N2S. The summed E-state index contributed by atoms with van der Waals surface area (Å²) in [5.74, 6) is 0. The first-order valence-electron chi connectivity index (χ1n) is 6.84. The monoisotopic (exact) mass is 274 g/mol. The molecule has 0 atom stereocenters. The van der Waals surface area contributed by atoms with Gasteiger partial charge in [-0.1, -0.05) is 18.2 Å². The lowest BCUT2D eigenvalue weighted by molar-refractivity contribution is 0.208. The molecule has 1 fully saturated rings. The van der Waals surface area contributed by atoms with Crippen LogP contribution < -0.4 is 0 Å². The number of piperidine rings is 1. The van der Waals surface area contributed by atoms with Gasteiger partial charge in [0.15, 0.2) is 0 Å². The number of aryl methyl sites for hydroxylation is 2. The predicted octanol–water partition coefficient (Wildman–Crippen LogP) is 3.52. The van der Waals surface area contributed by atoms with E-state index in [1.54, 1.807) is 11.8 Å². The van der Waals surface area contributed by atoms with Gasteiger partial charge in [-0.2, -0.15) is 5.26 Å². The van der Waals surface area contributed by atoms with Crippen molar-refractivity contribution in [1.82, 2.24) is 4.90 Å². The van der Waals surface area contributed by atoms with Gasteiger partial charge in [0.1, 0.15) is 4.75 Å². The second kappa shape index (κ2) is 5.98. The van der Waals surface area contributed by atoms with Gasteiger partial charge >= 0.3 is 0 Å². The maximum absolute atomic E-state index is 9.32. The zero-order valence-corrected chi connectivity index (χ0v) is 12.9. The van der Waals surface area contributed by atoms with E-state index in [0.717, 1.165) is 32.5 Å². The zero-order chi connectivity index (χ0) is 13.9. The Morgan fingerprint density at radius 3 is 2.32 bits per heavy atom. The van der Waals surface area contributed by atoms with Crippen LogP contribution in [0.2, 0.25) is 0 Å². The Labute approximate surface area is 120 Å². The average molecular weight is 274 g/mol. The summed E-state index contributed by atoms with van der Waals surface area (Å²) < 4.78 is -0.142. The zero-order valence-electron chi connectivity index (χ0n) is 12.1. The number of hydrogen-bond donors (Lipinski definition) is 0. The highest BCUT2D eigenvalue weighted by molar-refractivity contribution is 8.00. The second-order valence-electron chi connectivity index (χ2n) is 5.46.